The second-order valence-corrected chi connectivity index (χ2v) is 5.70. The molecule has 1 heterocycles. The first-order chi connectivity index (χ1) is 9.53. The third-order valence-corrected chi connectivity index (χ3v) is 3.97. The summed E-state index contributed by atoms with van der Waals surface area (Å²) in [7, 11) is -3.99. The van der Waals surface area contributed by atoms with Gasteiger partial charge in [0.25, 0.3) is 0 Å². The molecular weight excluding hydrogens is 285 g/mol. The number of nitrogens with zero attached hydrogens (tertiary/aromatic N) is 2. The molecule has 0 aliphatic carbocycles. The quantitative estimate of drug-likeness (QED) is 0.842. The number of nitrogens with one attached hydrogen (secondary N) is 1. The molecule has 106 valence electrons. The maximum atomic E-state index is 13.7. The van der Waals surface area contributed by atoms with Crippen molar-refractivity contribution in [2.24, 2.45) is 0 Å². The average molecular weight is 297 g/mol. The number of aliphatic hydroxyl groups is 1. The van der Waals surface area contributed by atoms with Crippen LogP contribution in [-0.4, -0.2) is 23.7 Å². The Hall–Kier alpha value is -1.90. The Balaban J connectivity index is 2.18. The lowest BCUT2D eigenvalue weighted by atomic mass is 10.2. The molecule has 8 heteroatoms. The molecule has 0 aliphatic heterocycles. The van der Waals surface area contributed by atoms with Crippen LogP contribution in [-0.2, 0) is 23.2 Å². The Bertz CT molecular complexity index is 692. The average Bonchev–Trinajstić information content (AvgIpc) is 2.46. The molecule has 1 aromatic heterocycles. The number of sulfonamides is 1. The van der Waals surface area contributed by atoms with Crippen LogP contribution in [0.2, 0.25) is 0 Å². The van der Waals surface area contributed by atoms with E-state index in [0.29, 0.717) is 11.3 Å². The normalized spacial score (nSPS) is 11.5. The molecule has 0 atom stereocenters. The zero-order valence-corrected chi connectivity index (χ0v) is 11.1. The number of benzene rings is 1. The van der Waals surface area contributed by atoms with Gasteiger partial charge in [-0.25, -0.2) is 17.5 Å². The van der Waals surface area contributed by atoms with E-state index < -0.39 is 20.7 Å². The van der Waals surface area contributed by atoms with Crippen LogP contribution in [0.3, 0.4) is 0 Å². The fourth-order valence-electron chi connectivity index (χ4n) is 1.54. The van der Waals surface area contributed by atoms with E-state index in [9.17, 15) is 12.8 Å². The van der Waals surface area contributed by atoms with E-state index in [1.165, 1.54) is 12.3 Å². The number of hydrogen-bond acceptors (Lipinski definition) is 5. The predicted molar refractivity (Wildman–Crippen MR) is 68.4 cm³/mol. The number of aromatic nitrogens is 2. The molecule has 6 nitrogen and oxygen atoms in total. The molecule has 0 amide bonds. The summed E-state index contributed by atoms with van der Waals surface area (Å²) in [5.74, 6) is -0.914. The van der Waals surface area contributed by atoms with Gasteiger partial charge >= 0.3 is 0 Å². The van der Waals surface area contributed by atoms with Crippen LogP contribution in [0.1, 0.15) is 11.3 Å². The van der Waals surface area contributed by atoms with Gasteiger partial charge in [0, 0.05) is 6.20 Å². The topological polar surface area (TPSA) is 92.2 Å². The summed E-state index contributed by atoms with van der Waals surface area (Å²) in [6.07, 6.45) is 1.46. The summed E-state index contributed by atoms with van der Waals surface area (Å²) in [6, 6.07) is 6.66. The lowest BCUT2D eigenvalue weighted by Gasteiger charge is -2.08. The highest BCUT2D eigenvalue weighted by atomic mass is 32.2. The predicted octanol–water partition coefficient (Wildman–Crippen LogP) is 0.586. The van der Waals surface area contributed by atoms with Crippen LogP contribution in [0, 0.1) is 5.82 Å². The minimum atomic E-state index is -3.99. The van der Waals surface area contributed by atoms with Crippen molar-refractivity contribution in [1.29, 1.82) is 0 Å². The Kier molecular flexibility index (Phi) is 4.38. The minimum absolute atomic E-state index is 0.0859. The van der Waals surface area contributed by atoms with Crippen molar-refractivity contribution >= 4 is 10.0 Å². The summed E-state index contributed by atoms with van der Waals surface area (Å²) < 4.78 is 39.9. The molecule has 0 aliphatic rings. The third-order valence-electron chi connectivity index (χ3n) is 2.54. The summed E-state index contributed by atoms with van der Waals surface area (Å²) in [4.78, 5) is -0.474. The fraction of sp³-hybridized carbons (Fsp3) is 0.167. The van der Waals surface area contributed by atoms with E-state index in [1.807, 2.05) is 0 Å². The van der Waals surface area contributed by atoms with Gasteiger partial charge in [-0.15, -0.1) is 0 Å². The van der Waals surface area contributed by atoms with Gasteiger partial charge in [-0.2, -0.15) is 10.2 Å². The van der Waals surface area contributed by atoms with Gasteiger partial charge in [-0.1, -0.05) is 6.07 Å². The summed E-state index contributed by atoms with van der Waals surface area (Å²) >= 11 is 0. The molecule has 0 saturated carbocycles. The van der Waals surface area contributed by atoms with E-state index >= 15 is 0 Å². The van der Waals surface area contributed by atoms with E-state index in [-0.39, 0.29) is 13.2 Å². The molecule has 0 saturated heterocycles. The van der Waals surface area contributed by atoms with Gasteiger partial charge in [-0.05, 0) is 29.8 Å². The smallest absolute Gasteiger partial charge is 0.243 e. The lowest BCUT2D eigenvalue weighted by molar-refractivity contribution is 0.281. The molecule has 0 fully saturated rings. The Morgan fingerprint density at radius 2 is 2.10 bits per heavy atom. The fourth-order valence-corrected chi connectivity index (χ4v) is 2.59. The number of hydrogen-bond donors (Lipinski definition) is 2. The van der Waals surface area contributed by atoms with E-state index in [4.69, 9.17) is 5.11 Å². The molecule has 2 rings (SSSR count). The van der Waals surface area contributed by atoms with Crippen LogP contribution >= 0.6 is 0 Å². The van der Waals surface area contributed by atoms with Crippen LogP contribution < -0.4 is 4.72 Å². The Morgan fingerprint density at radius 3 is 2.70 bits per heavy atom. The van der Waals surface area contributed by atoms with E-state index in [0.717, 1.165) is 12.1 Å². The summed E-state index contributed by atoms with van der Waals surface area (Å²) in [5.41, 5.74) is 0.721. The molecule has 0 spiro atoms. The number of halogens is 1. The largest absolute Gasteiger partial charge is 0.392 e. The van der Waals surface area contributed by atoms with Gasteiger partial charge in [0.05, 0.1) is 18.8 Å². The first-order valence-corrected chi connectivity index (χ1v) is 7.17. The Labute approximate surface area is 115 Å². The highest BCUT2D eigenvalue weighted by Crippen LogP contribution is 2.16. The molecule has 20 heavy (non-hydrogen) atoms. The van der Waals surface area contributed by atoms with Gasteiger partial charge < -0.3 is 5.11 Å². The molecule has 0 bridgehead atoms. The zero-order chi connectivity index (χ0) is 14.6. The van der Waals surface area contributed by atoms with Crippen molar-refractivity contribution in [3.05, 3.63) is 53.6 Å². The van der Waals surface area contributed by atoms with Crippen LogP contribution in [0.25, 0.3) is 0 Å². The molecule has 0 unspecified atom stereocenters. The van der Waals surface area contributed by atoms with Gasteiger partial charge in [0.2, 0.25) is 10.0 Å². The highest BCUT2D eigenvalue weighted by molar-refractivity contribution is 7.89. The van der Waals surface area contributed by atoms with Crippen molar-refractivity contribution in [2.45, 2.75) is 18.0 Å². The standard InChI is InChI=1S/C12H12FN3O3S/c13-11-6-9(8-17)3-4-12(11)20(18,19)15-7-10-2-1-5-14-16-10/h1-6,15,17H,7-8H2. The summed E-state index contributed by atoms with van der Waals surface area (Å²) in [6.45, 7) is -0.443. The van der Waals surface area contributed by atoms with Crippen molar-refractivity contribution in [1.82, 2.24) is 14.9 Å². The van der Waals surface area contributed by atoms with Crippen molar-refractivity contribution in [3.63, 3.8) is 0 Å². The summed E-state index contributed by atoms with van der Waals surface area (Å²) in [5, 5.41) is 16.2. The third kappa shape index (κ3) is 3.35. The van der Waals surface area contributed by atoms with Gasteiger partial charge in [0.1, 0.15) is 10.7 Å². The van der Waals surface area contributed by atoms with Crippen LogP contribution in [0.4, 0.5) is 4.39 Å². The maximum absolute atomic E-state index is 13.7. The van der Waals surface area contributed by atoms with Crippen molar-refractivity contribution < 1.29 is 17.9 Å². The van der Waals surface area contributed by atoms with E-state index in [2.05, 4.69) is 14.9 Å². The van der Waals surface area contributed by atoms with Gasteiger partial charge in [0.15, 0.2) is 0 Å². The van der Waals surface area contributed by atoms with E-state index in [1.54, 1.807) is 12.1 Å². The second-order valence-electron chi connectivity index (χ2n) is 3.96. The van der Waals surface area contributed by atoms with Gasteiger partial charge in [-0.3, -0.25) is 0 Å². The number of rotatable bonds is 5. The minimum Gasteiger partial charge on any atom is -0.392 e. The molecule has 1 aromatic carbocycles. The van der Waals surface area contributed by atoms with Crippen molar-refractivity contribution in [3.8, 4) is 0 Å². The SMILES string of the molecule is O=S(=O)(NCc1cccnn1)c1ccc(CO)cc1F. The second kappa shape index (κ2) is 6.04. The lowest BCUT2D eigenvalue weighted by Crippen LogP contribution is -2.24. The number of aliphatic hydroxyl groups excluding tert-OH is 1. The molecule has 2 aromatic rings. The monoisotopic (exact) mass is 297 g/mol. The first kappa shape index (κ1) is 14.5. The highest BCUT2D eigenvalue weighted by Gasteiger charge is 2.19. The molecule has 0 radical (unpaired) electrons. The Morgan fingerprint density at radius 1 is 1.30 bits per heavy atom. The zero-order valence-electron chi connectivity index (χ0n) is 10.3. The van der Waals surface area contributed by atoms with Crippen molar-refractivity contribution in [2.75, 3.05) is 0 Å². The van der Waals surface area contributed by atoms with Crippen LogP contribution in [0.5, 0.6) is 0 Å². The van der Waals surface area contributed by atoms with Crippen LogP contribution in [0.15, 0.2) is 41.4 Å². The maximum Gasteiger partial charge on any atom is 0.243 e. The first-order valence-electron chi connectivity index (χ1n) is 5.68. The molecule has 2 N–H and O–H groups in total. The molecular formula is C12H12FN3O3S.